The summed E-state index contributed by atoms with van der Waals surface area (Å²) in [5, 5.41) is 2.95. The van der Waals surface area contributed by atoms with Gasteiger partial charge >= 0.3 is 0 Å². The van der Waals surface area contributed by atoms with Gasteiger partial charge in [0.25, 0.3) is 5.91 Å². The molecular weight excluding hydrogens is 406 g/mol. The van der Waals surface area contributed by atoms with Gasteiger partial charge in [0.05, 0.1) is 12.1 Å². The van der Waals surface area contributed by atoms with Crippen LogP contribution in [-0.4, -0.2) is 18.6 Å². The molecule has 0 saturated heterocycles. The zero-order valence-corrected chi connectivity index (χ0v) is 16.1. The quantitative estimate of drug-likeness (QED) is 0.629. The number of nitrogens with one attached hydrogen (secondary N) is 1. The fourth-order valence-electron chi connectivity index (χ4n) is 3.05. The van der Waals surface area contributed by atoms with Crippen molar-refractivity contribution in [3.63, 3.8) is 0 Å². The minimum absolute atomic E-state index is 0.0848. The standard InChI is InChI=1S/C22H18BrNO3/c23-20-9-5-4-8-19(20)22(25)24-14-18-13-15-12-17(10-11-21(15)27-18)26-16-6-2-1-3-7-16/h1-12,18H,13-14H2,(H,24,25)/t18-/m1/s1. The molecule has 1 N–H and O–H groups in total. The average Bonchev–Trinajstić information content (AvgIpc) is 3.09. The van der Waals surface area contributed by atoms with E-state index >= 15 is 0 Å². The molecular formula is C22H18BrNO3. The van der Waals surface area contributed by atoms with Crippen LogP contribution in [0.5, 0.6) is 17.2 Å². The maximum Gasteiger partial charge on any atom is 0.252 e. The molecule has 0 aliphatic carbocycles. The molecule has 3 aromatic rings. The highest BCUT2D eigenvalue weighted by atomic mass is 79.9. The van der Waals surface area contributed by atoms with Crippen LogP contribution in [0.15, 0.2) is 77.3 Å². The third kappa shape index (κ3) is 4.14. The average molecular weight is 424 g/mol. The topological polar surface area (TPSA) is 47.6 Å². The first-order valence-electron chi connectivity index (χ1n) is 8.74. The number of carbonyl (C=O) groups excluding carboxylic acids is 1. The van der Waals surface area contributed by atoms with E-state index in [1.165, 1.54) is 0 Å². The highest BCUT2D eigenvalue weighted by Gasteiger charge is 2.24. The van der Waals surface area contributed by atoms with E-state index in [1.807, 2.05) is 66.7 Å². The lowest BCUT2D eigenvalue weighted by molar-refractivity contribution is 0.0933. The fraction of sp³-hybridized carbons (Fsp3) is 0.136. The third-order valence-corrected chi connectivity index (χ3v) is 5.05. The van der Waals surface area contributed by atoms with Crippen molar-refractivity contribution in [2.75, 3.05) is 6.54 Å². The van der Waals surface area contributed by atoms with Crippen LogP contribution in [0, 0.1) is 0 Å². The van der Waals surface area contributed by atoms with Gasteiger partial charge in [-0.2, -0.15) is 0 Å². The minimum atomic E-state index is -0.116. The van der Waals surface area contributed by atoms with Gasteiger partial charge < -0.3 is 14.8 Å². The summed E-state index contributed by atoms with van der Waals surface area (Å²) in [6.07, 6.45) is 0.649. The number of carbonyl (C=O) groups is 1. The number of ether oxygens (including phenoxy) is 2. The molecule has 0 bridgehead atoms. The second-order valence-corrected chi connectivity index (χ2v) is 7.17. The van der Waals surface area contributed by atoms with Crippen molar-refractivity contribution in [1.82, 2.24) is 5.32 Å². The first-order valence-corrected chi connectivity index (χ1v) is 9.53. The Morgan fingerprint density at radius 2 is 1.81 bits per heavy atom. The number of halogens is 1. The molecule has 5 heteroatoms. The number of fused-ring (bicyclic) bond motifs is 1. The Labute approximate surface area is 166 Å². The van der Waals surface area contributed by atoms with Crippen LogP contribution < -0.4 is 14.8 Å². The Morgan fingerprint density at radius 3 is 2.63 bits per heavy atom. The van der Waals surface area contributed by atoms with E-state index in [0.717, 1.165) is 33.7 Å². The third-order valence-electron chi connectivity index (χ3n) is 4.36. The van der Waals surface area contributed by atoms with Crippen LogP contribution in [0.1, 0.15) is 15.9 Å². The van der Waals surface area contributed by atoms with E-state index in [0.29, 0.717) is 12.1 Å². The first-order chi connectivity index (χ1) is 13.2. The number of para-hydroxylation sites is 1. The summed E-state index contributed by atoms with van der Waals surface area (Å²) in [5.74, 6) is 2.31. The molecule has 27 heavy (non-hydrogen) atoms. The van der Waals surface area contributed by atoms with Crippen LogP contribution >= 0.6 is 15.9 Å². The van der Waals surface area contributed by atoms with Crippen molar-refractivity contribution in [3.05, 3.63) is 88.4 Å². The Hall–Kier alpha value is -2.79. The molecule has 1 heterocycles. The highest BCUT2D eigenvalue weighted by Crippen LogP contribution is 2.33. The van der Waals surface area contributed by atoms with Crippen molar-refractivity contribution in [2.24, 2.45) is 0 Å². The molecule has 1 aliphatic rings. The van der Waals surface area contributed by atoms with Gasteiger partial charge in [0.1, 0.15) is 23.4 Å². The monoisotopic (exact) mass is 423 g/mol. The smallest absolute Gasteiger partial charge is 0.252 e. The zero-order chi connectivity index (χ0) is 18.6. The largest absolute Gasteiger partial charge is 0.488 e. The van der Waals surface area contributed by atoms with E-state index in [9.17, 15) is 4.79 Å². The molecule has 136 valence electrons. The van der Waals surface area contributed by atoms with Gasteiger partial charge in [0.15, 0.2) is 0 Å². The second kappa shape index (κ2) is 7.84. The van der Waals surface area contributed by atoms with Gasteiger partial charge in [-0.05, 0) is 58.4 Å². The van der Waals surface area contributed by atoms with E-state index in [4.69, 9.17) is 9.47 Å². The van der Waals surface area contributed by atoms with E-state index in [-0.39, 0.29) is 12.0 Å². The Balaban J connectivity index is 1.37. The first kappa shape index (κ1) is 17.6. The lowest BCUT2D eigenvalue weighted by Gasteiger charge is -2.12. The predicted octanol–water partition coefficient (Wildman–Crippen LogP) is 4.97. The molecule has 0 radical (unpaired) electrons. The maximum atomic E-state index is 12.3. The minimum Gasteiger partial charge on any atom is -0.488 e. The van der Waals surface area contributed by atoms with Crippen molar-refractivity contribution < 1.29 is 14.3 Å². The zero-order valence-electron chi connectivity index (χ0n) is 14.5. The highest BCUT2D eigenvalue weighted by molar-refractivity contribution is 9.10. The number of amides is 1. The van der Waals surface area contributed by atoms with Crippen LogP contribution in [-0.2, 0) is 6.42 Å². The summed E-state index contributed by atoms with van der Waals surface area (Å²) < 4.78 is 12.6. The summed E-state index contributed by atoms with van der Waals surface area (Å²) >= 11 is 3.40. The van der Waals surface area contributed by atoms with Gasteiger partial charge in [-0.3, -0.25) is 4.79 Å². The number of benzene rings is 3. The summed E-state index contributed by atoms with van der Waals surface area (Å²) in [4.78, 5) is 12.3. The van der Waals surface area contributed by atoms with Crippen molar-refractivity contribution >= 4 is 21.8 Å². The molecule has 4 nitrogen and oxygen atoms in total. The maximum absolute atomic E-state index is 12.3. The van der Waals surface area contributed by atoms with Crippen molar-refractivity contribution in [1.29, 1.82) is 0 Å². The van der Waals surface area contributed by atoms with Gasteiger partial charge in [-0.25, -0.2) is 0 Å². The lowest BCUT2D eigenvalue weighted by atomic mass is 10.1. The van der Waals surface area contributed by atoms with Crippen LogP contribution in [0.25, 0.3) is 0 Å². The Bertz CT molecular complexity index is 959. The van der Waals surface area contributed by atoms with Gasteiger partial charge in [0.2, 0.25) is 0 Å². The molecule has 1 amide bonds. The van der Waals surface area contributed by atoms with Gasteiger partial charge in [-0.1, -0.05) is 30.3 Å². The molecule has 1 aliphatic heterocycles. The number of hydrogen-bond acceptors (Lipinski definition) is 3. The predicted molar refractivity (Wildman–Crippen MR) is 108 cm³/mol. The molecule has 1 atom stereocenters. The Kier molecular flexibility index (Phi) is 5.12. The molecule has 0 aromatic heterocycles. The lowest BCUT2D eigenvalue weighted by Crippen LogP contribution is -2.34. The SMILES string of the molecule is O=C(NC[C@H]1Cc2cc(Oc3ccccc3)ccc2O1)c1ccccc1Br. The summed E-state index contributed by atoms with van der Waals surface area (Å²) in [6.45, 7) is 0.448. The molecule has 0 saturated carbocycles. The van der Waals surface area contributed by atoms with Crippen LogP contribution in [0.3, 0.4) is 0 Å². The van der Waals surface area contributed by atoms with Gasteiger partial charge in [0, 0.05) is 16.5 Å². The van der Waals surface area contributed by atoms with Crippen LogP contribution in [0.2, 0.25) is 0 Å². The Morgan fingerprint density at radius 1 is 1.04 bits per heavy atom. The van der Waals surface area contributed by atoms with Crippen molar-refractivity contribution in [2.45, 2.75) is 12.5 Å². The van der Waals surface area contributed by atoms with E-state index in [2.05, 4.69) is 21.2 Å². The van der Waals surface area contributed by atoms with Crippen LogP contribution in [0.4, 0.5) is 0 Å². The number of rotatable bonds is 5. The normalized spacial score (nSPS) is 14.9. The fourth-order valence-corrected chi connectivity index (χ4v) is 3.51. The van der Waals surface area contributed by atoms with Crippen molar-refractivity contribution in [3.8, 4) is 17.2 Å². The molecule has 0 spiro atoms. The van der Waals surface area contributed by atoms with Gasteiger partial charge in [-0.15, -0.1) is 0 Å². The molecule has 0 unspecified atom stereocenters. The van der Waals surface area contributed by atoms with E-state index in [1.54, 1.807) is 6.07 Å². The summed E-state index contributed by atoms with van der Waals surface area (Å²) in [6, 6.07) is 22.9. The molecule has 3 aromatic carbocycles. The number of hydrogen-bond donors (Lipinski definition) is 1. The molecule has 4 rings (SSSR count). The molecule has 0 fully saturated rings. The second-order valence-electron chi connectivity index (χ2n) is 6.32. The summed E-state index contributed by atoms with van der Waals surface area (Å²) in [5.41, 5.74) is 1.70. The van der Waals surface area contributed by atoms with E-state index < -0.39 is 0 Å². The summed E-state index contributed by atoms with van der Waals surface area (Å²) in [7, 11) is 0.